The van der Waals surface area contributed by atoms with E-state index in [1.807, 2.05) is 18.2 Å². The Labute approximate surface area is 112 Å². The Kier molecular flexibility index (Phi) is 3.43. The Balaban J connectivity index is 2.63. The van der Waals surface area contributed by atoms with Gasteiger partial charge < -0.3 is 5.11 Å². The zero-order valence-corrected chi connectivity index (χ0v) is 11.1. The number of halogens is 3. The van der Waals surface area contributed by atoms with Crippen LogP contribution < -0.4 is 0 Å². The van der Waals surface area contributed by atoms with Gasteiger partial charge in [0.05, 0.1) is 10.0 Å². The second-order valence-electron chi connectivity index (χ2n) is 3.30. The molecule has 0 saturated carbocycles. The molecule has 1 nitrogen and oxygen atoms in total. The number of phenols is 1. The Morgan fingerprint density at radius 1 is 1.06 bits per heavy atom. The molecule has 0 heterocycles. The minimum absolute atomic E-state index is 0.181. The van der Waals surface area contributed by atoms with Crippen LogP contribution >= 0.6 is 39.1 Å². The van der Waals surface area contributed by atoms with E-state index >= 15 is 0 Å². The van der Waals surface area contributed by atoms with Crippen molar-refractivity contribution in [1.82, 2.24) is 0 Å². The molecule has 0 aliphatic heterocycles. The summed E-state index contributed by atoms with van der Waals surface area (Å²) in [6.45, 7) is 0. The summed E-state index contributed by atoms with van der Waals surface area (Å²) in [4.78, 5) is 0. The van der Waals surface area contributed by atoms with Crippen LogP contribution in [0.25, 0.3) is 11.1 Å². The lowest BCUT2D eigenvalue weighted by Crippen LogP contribution is -1.81. The molecular weight excluding hydrogens is 311 g/mol. The van der Waals surface area contributed by atoms with Gasteiger partial charge in [0.15, 0.2) is 0 Å². The van der Waals surface area contributed by atoms with E-state index in [4.69, 9.17) is 23.2 Å². The Bertz CT molecular complexity index is 520. The van der Waals surface area contributed by atoms with E-state index in [9.17, 15) is 5.11 Å². The SMILES string of the molecule is Oc1cc(Br)cc(-c2cccc(Cl)c2Cl)c1. The molecule has 0 saturated heterocycles. The first-order chi connectivity index (χ1) is 7.58. The van der Waals surface area contributed by atoms with Crippen molar-refractivity contribution in [1.29, 1.82) is 0 Å². The van der Waals surface area contributed by atoms with Crippen molar-refractivity contribution in [2.45, 2.75) is 0 Å². The van der Waals surface area contributed by atoms with Crippen LogP contribution in [0.15, 0.2) is 40.9 Å². The lowest BCUT2D eigenvalue weighted by Gasteiger charge is -2.07. The molecule has 82 valence electrons. The first-order valence-corrected chi connectivity index (χ1v) is 6.07. The van der Waals surface area contributed by atoms with E-state index in [-0.39, 0.29) is 5.75 Å². The van der Waals surface area contributed by atoms with E-state index < -0.39 is 0 Å². The molecule has 0 bridgehead atoms. The summed E-state index contributed by atoms with van der Waals surface area (Å²) in [5.74, 6) is 0.181. The molecule has 2 aromatic rings. The van der Waals surface area contributed by atoms with Crippen molar-refractivity contribution in [2.75, 3.05) is 0 Å². The molecule has 0 aliphatic rings. The van der Waals surface area contributed by atoms with Crippen LogP contribution in [0.5, 0.6) is 5.75 Å². The summed E-state index contributed by atoms with van der Waals surface area (Å²) in [7, 11) is 0. The van der Waals surface area contributed by atoms with Crippen molar-refractivity contribution in [2.24, 2.45) is 0 Å². The number of phenolic OH excluding ortho intramolecular Hbond substituents is 1. The number of aromatic hydroxyl groups is 1. The van der Waals surface area contributed by atoms with Crippen LogP contribution in [0.3, 0.4) is 0 Å². The molecule has 2 rings (SSSR count). The lowest BCUT2D eigenvalue weighted by molar-refractivity contribution is 0.475. The van der Waals surface area contributed by atoms with E-state index in [0.717, 1.165) is 15.6 Å². The highest BCUT2D eigenvalue weighted by molar-refractivity contribution is 9.10. The highest BCUT2D eigenvalue weighted by Gasteiger charge is 2.08. The van der Waals surface area contributed by atoms with Crippen molar-refractivity contribution in [3.63, 3.8) is 0 Å². The highest BCUT2D eigenvalue weighted by Crippen LogP contribution is 2.36. The first kappa shape index (κ1) is 11.8. The van der Waals surface area contributed by atoms with Gasteiger partial charge in [0.25, 0.3) is 0 Å². The minimum atomic E-state index is 0.181. The third-order valence-corrected chi connectivity index (χ3v) is 3.42. The lowest BCUT2D eigenvalue weighted by atomic mass is 10.1. The van der Waals surface area contributed by atoms with Crippen LogP contribution in [0.4, 0.5) is 0 Å². The fraction of sp³-hybridized carbons (Fsp3) is 0. The third kappa shape index (κ3) is 2.34. The standard InChI is InChI=1S/C12H7BrCl2O/c13-8-4-7(5-9(16)6-8)10-2-1-3-11(14)12(10)15/h1-6,16H. The van der Waals surface area contributed by atoms with Crippen LogP contribution in [0, 0.1) is 0 Å². The molecule has 0 atom stereocenters. The molecular formula is C12H7BrCl2O. The fourth-order valence-corrected chi connectivity index (χ4v) is 2.35. The largest absolute Gasteiger partial charge is 0.508 e. The summed E-state index contributed by atoms with van der Waals surface area (Å²) < 4.78 is 0.790. The van der Waals surface area contributed by atoms with E-state index in [1.165, 1.54) is 0 Å². The Morgan fingerprint density at radius 2 is 1.81 bits per heavy atom. The Hall–Kier alpha value is -0.700. The zero-order chi connectivity index (χ0) is 11.7. The quantitative estimate of drug-likeness (QED) is 0.773. The number of hydrogen-bond donors (Lipinski definition) is 1. The van der Waals surface area contributed by atoms with Crippen molar-refractivity contribution >= 4 is 39.1 Å². The maximum atomic E-state index is 9.51. The van der Waals surface area contributed by atoms with Gasteiger partial charge in [-0.2, -0.15) is 0 Å². The van der Waals surface area contributed by atoms with E-state index in [2.05, 4.69) is 15.9 Å². The van der Waals surface area contributed by atoms with Crippen molar-refractivity contribution in [3.8, 4) is 16.9 Å². The molecule has 16 heavy (non-hydrogen) atoms. The molecule has 0 aliphatic carbocycles. The number of benzene rings is 2. The summed E-state index contributed by atoms with van der Waals surface area (Å²) in [6.07, 6.45) is 0. The summed E-state index contributed by atoms with van der Waals surface area (Å²) >= 11 is 15.4. The van der Waals surface area contributed by atoms with Gasteiger partial charge in [-0.3, -0.25) is 0 Å². The van der Waals surface area contributed by atoms with Gasteiger partial charge in [0.2, 0.25) is 0 Å². The van der Waals surface area contributed by atoms with E-state index in [0.29, 0.717) is 10.0 Å². The van der Waals surface area contributed by atoms with Crippen molar-refractivity contribution in [3.05, 3.63) is 50.9 Å². The summed E-state index contributed by atoms with van der Waals surface area (Å²) in [6, 6.07) is 10.5. The summed E-state index contributed by atoms with van der Waals surface area (Å²) in [5, 5.41) is 10.5. The maximum absolute atomic E-state index is 9.51. The molecule has 0 fully saturated rings. The highest BCUT2D eigenvalue weighted by atomic mass is 79.9. The second kappa shape index (κ2) is 4.66. The van der Waals surface area contributed by atoms with Gasteiger partial charge in [0, 0.05) is 10.0 Å². The average Bonchev–Trinajstić information content (AvgIpc) is 2.20. The second-order valence-corrected chi connectivity index (χ2v) is 5.00. The third-order valence-electron chi connectivity index (χ3n) is 2.15. The van der Waals surface area contributed by atoms with Crippen LogP contribution in [0.2, 0.25) is 10.0 Å². The summed E-state index contributed by atoms with van der Waals surface area (Å²) in [5.41, 5.74) is 1.62. The van der Waals surface area contributed by atoms with Crippen LogP contribution in [0.1, 0.15) is 0 Å². The zero-order valence-electron chi connectivity index (χ0n) is 8.05. The van der Waals surface area contributed by atoms with E-state index in [1.54, 1.807) is 18.2 Å². The molecule has 1 N–H and O–H groups in total. The molecule has 2 aromatic carbocycles. The minimum Gasteiger partial charge on any atom is -0.508 e. The van der Waals surface area contributed by atoms with Gasteiger partial charge >= 0.3 is 0 Å². The molecule has 4 heteroatoms. The predicted octanol–water partition coefficient (Wildman–Crippen LogP) is 5.13. The van der Waals surface area contributed by atoms with Gasteiger partial charge in [-0.25, -0.2) is 0 Å². The monoisotopic (exact) mass is 316 g/mol. The number of rotatable bonds is 1. The first-order valence-electron chi connectivity index (χ1n) is 4.52. The molecule has 0 radical (unpaired) electrons. The molecule has 0 spiro atoms. The van der Waals surface area contributed by atoms with Crippen molar-refractivity contribution < 1.29 is 5.11 Å². The maximum Gasteiger partial charge on any atom is 0.117 e. The van der Waals surface area contributed by atoms with Gasteiger partial charge in [-0.15, -0.1) is 0 Å². The smallest absolute Gasteiger partial charge is 0.117 e. The van der Waals surface area contributed by atoms with Crippen LogP contribution in [-0.2, 0) is 0 Å². The number of hydrogen-bond acceptors (Lipinski definition) is 1. The topological polar surface area (TPSA) is 20.2 Å². The molecule has 0 unspecified atom stereocenters. The average molecular weight is 318 g/mol. The predicted molar refractivity (Wildman–Crippen MR) is 71.3 cm³/mol. The molecule has 0 amide bonds. The van der Waals surface area contributed by atoms with Gasteiger partial charge in [-0.1, -0.05) is 51.3 Å². The normalized spacial score (nSPS) is 10.4. The van der Waals surface area contributed by atoms with Crippen LogP contribution in [-0.4, -0.2) is 5.11 Å². The van der Waals surface area contributed by atoms with Gasteiger partial charge in [0.1, 0.15) is 5.75 Å². The molecule has 0 aromatic heterocycles. The fourth-order valence-electron chi connectivity index (χ4n) is 1.46. The van der Waals surface area contributed by atoms with Gasteiger partial charge in [-0.05, 0) is 29.8 Å². The Morgan fingerprint density at radius 3 is 2.50 bits per heavy atom.